The van der Waals surface area contributed by atoms with Crippen molar-refractivity contribution in [3.05, 3.63) is 57.8 Å². The van der Waals surface area contributed by atoms with Crippen LogP contribution in [0.5, 0.6) is 0 Å². The van der Waals surface area contributed by atoms with Crippen molar-refractivity contribution in [2.75, 3.05) is 0 Å². The molecule has 90 valence electrons. The fourth-order valence-electron chi connectivity index (χ4n) is 1.82. The number of aromatic amines is 1. The minimum absolute atomic E-state index is 0.0716. The summed E-state index contributed by atoms with van der Waals surface area (Å²) in [5.74, 6) is -0.282. The van der Waals surface area contributed by atoms with E-state index in [-0.39, 0.29) is 11.4 Å². The number of benzene rings is 1. The van der Waals surface area contributed by atoms with Crippen molar-refractivity contribution in [3.8, 4) is 0 Å². The van der Waals surface area contributed by atoms with Gasteiger partial charge >= 0.3 is 0 Å². The summed E-state index contributed by atoms with van der Waals surface area (Å²) in [4.78, 5) is 11.6. The molecule has 0 aliphatic carbocycles. The molecule has 4 heteroatoms. The average Bonchev–Trinajstić information content (AvgIpc) is 2.60. The molecular weight excluding hydrogens is 219 g/mol. The Labute approximate surface area is 98.9 Å². The zero-order valence-corrected chi connectivity index (χ0v) is 9.74. The third-order valence-electron chi connectivity index (χ3n) is 2.59. The normalized spacial score (nSPS) is 10.7. The van der Waals surface area contributed by atoms with Gasteiger partial charge in [-0.25, -0.2) is 9.07 Å². The molecule has 0 saturated carbocycles. The van der Waals surface area contributed by atoms with Gasteiger partial charge in [0.1, 0.15) is 5.82 Å². The van der Waals surface area contributed by atoms with E-state index in [0.29, 0.717) is 6.54 Å². The van der Waals surface area contributed by atoms with Crippen LogP contribution in [0, 0.1) is 5.82 Å². The van der Waals surface area contributed by atoms with Crippen LogP contribution in [0.4, 0.5) is 4.39 Å². The Balaban J connectivity index is 2.21. The summed E-state index contributed by atoms with van der Waals surface area (Å²) in [6.07, 6.45) is 1.84. The van der Waals surface area contributed by atoms with Crippen LogP contribution in [0.15, 0.2) is 35.1 Å². The Hall–Kier alpha value is -1.84. The van der Waals surface area contributed by atoms with Crippen molar-refractivity contribution in [1.82, 2.24) is 9.78 Å². The van der Waals surface area contributed by atoms with Crippen molar-refractivity contribution in [2.24, 2.45) is 0 Å². The van der Waals surface area contributed by atoms with Gasteiger partial charge in [0, 0.05) is 11.8 Å². The monoisotopic (exact) mass is 234 g/mol. The number of nitrogens with zero attached hydrogens (tertiary/aromatic N) is 1. The predicted octanol–water partition coefficient (Wildman–Crippen LogP) is 2.32. The van der Waals surface area contributed by atoms with Crippen molar-refractivity contribution in [3.63, 3.8) is 0 Å². The summed E-state index contributed by atoms with van der Waals surface area (Å²) in [7, 11) is 0. The molecule has 1 N–H and O–H groups in total. The highest BCUT2D eigenvalue weighted by molar-refractivity contribution is 5.16. The SMILES string of the molecule is CCCc1cc(=O)n(Cc2cccc(F)c2)[nH]1. The van der Waals surface area contributed by atoms with E-state index in [0.717, 1.165) is 24.1 Å². The number of hydrogen-bond donors (Lipinski definition) is 1. The molecule has 17 heavy (non-hydrogen) atoms. The number of nitrogens with one attached hydrogen (secondary N) is 1. The highest BCUT2D eigenvalue weighted by Gasteiger charge is 2.03. The van der Waals surface area contributed by atoms with Gasteiger partial charge in [0.05, 0.1) is 6.54 Å². The molecule has 1 aromatic carbocycles. The maximum atomic E-state index is 13.0. The molecule has 1 aromatic heterocycles. The summed E-state index contributed by atoms with van der Waals surface area (Å²) < 4.78 is 14.5. The summed E-state index contributed by atoms with van der Waals surface area (Å²) >= 11 is 0. The Bertz CT molecular complexity index is 557. The molecule has 3 nitrogen and oxygen atoms in total. The predicted molar refractivity (Wildman–Crippen MR) is 64.5 cm³/mol. The number of halogens is 1. The summed E-state index contributed by atoms with van der Waals surface area (Å²) in [5, 5.41) is 3.03. The first kappa shape index (κ1) is 11.6. The zero-order chi connectivity index (χ0) is 12.3. The second-order valence-electron chi connectivity index (χ2n) is 4.09. The molecule has 0 atom stereocenters. The van der Waals surface area contributed by atoms with E-state index in [1.165, 1.54) is 16.8 Å². The van der Waals surface area contributed by atoms with E-state index < -0.39 is 0 Å². The number of rotatable bonds is 4. The number of H-pyrrole nitrogens is 1. The van der Waals surface area contributed by atoms with Crippen LogP contribution in [0.2, 0.25) is 0 Å². The van der Waals surface area contributed by atoms with Crippen molar-refractivity contribution in [1.29, 1.82) is 0 Å². The van der Waals surface area contributed by atoms with E-state index in [4.69, 9.17) is 0 Å². The van der Waals surface area contributed by atoms with Crippen LogP contribution < -0.4 is 5.56 Å². The fourth-order valence-corrected chi connectivity index (χ4v) is 1.82. The highest BCUT2D eigenvalue weighted by atomic mass is 19.1. The lowest BCUT2D eigenvalue weighted by Gasteiger charge is -2.02. The molecule has 0 saturated heterocycles. The molecular formula is C13H15FN2O. The summed E-state index contributed by atoms with van der Waals surface area (Å²) in [6.45, 7) is 2.43. The van der Waals surface area contributed by atoms with Crippen molar-refractivity contribution >= 4 is 0 Å². The van der Waals surface area contributed by atoms with Gasteiger partial charge in [0.25, 0.3) is 5.56 Å². The first-order valence-corrected chi connectivity index (χ1v) is 5.72. The molecule has 1 heterocycles. The molecule has 0 aliphatic heterocycles. The largest absolute Gasteiger partial charge is 0.299 e. The van der Waals surface area contributed by atoms with Crippen LogP contribution in [0.25, 0.3) is 0 Å². The molecule has 0 radical (unpaired) electrons. The first-order chi connectivity index (χ1) is 8.19. The van der Waals surface area contributed by atoms with Crippen molar-refractivity contribution in [2.45, 2.75) is 26.3 Å². The Morgan fingerprint density at radius 1 is 1.35 bits per heavy atom. The molecule has 2 aromatic rings. The van der Waals surface area contributed by atoms with Crippen LogP contribution in [0.1, 0.15) is 24.6 Å². The molecule has 0 unspecified atom stereocenters. The third kappa shape index (κ3) is 2.84. The Morgan fingerprint density at radius 2 is 2.18 bits per heavy atom. The summed E-state index contributed by atoms with van der Waals surface area (Å²) in [6, 6.07) is 7.88. The molecule has 0 fully saturated rings. The van der Waals surface area contributed by atoms with Gasteiger partial charge in [-0.3, -0.25) is 9.89 Å². The lowest BCUT2D eigenvalue weighted by atomic mass is 10.2. The quantitative estimate of drug-likeness (QED) is 0.866. The molecule has 0 bridgehead atoms. The van der Waals surface area contributed by atoms with E-state index in [9.17, 15) is 9.18 Å². The Kier molecular flexibility index (Phi) is 3.42. The standard InChI is InChI=1S/C13H15FN2O/c1-2-4-12-8-13(17)16(15-12)9-10-5-3-6-11(14)7-10/h3,5-8,15H,2,4,9H2,1H3. The third-order valence-corrected chi connectivity index (χ3v) is 2.59. The maximum Gasteiger partial charge on any atom is 0.267 e. The van der Waals surface area contributed by atoms with E-state index in [1.54, 1.807) is 18.2 Å². The van der Waals surface area contributed by atoms with Crippen LogP contribution >= 0.6 is 0 Å². The van der Waals surface area contributed by atoms with Gasteiger partial charge in [0.15, 0.2) is 0 Å². The number of hydrogen-bond acceptors (Lipinski definition) is 1. The van der Waals surface area contributed by atoms with Gasteiger partial charge in [-0.1, -0.05) is 25.5 Å². The second kappa shape index (κ2) is 4.99. The smallest absolute Gasteiger partial charge is 0.267 e. The fraction of sp³-hybridized carbons (Fsp3) is 0.308. The van der Waals surface area contributed by atoms with Crippen molar-refractivity contribution < 1.29 is 4.39 Å². The van der Waals surface area contributed by atoms with Gasteiger partial charge in [-0.05, 0) is 24.1 Å². The highest BCUT2D eigenvalue weighted by Crippen LogP contribution is 2.05. The zero-order valence-electron chi connectivity index (χ0n) is 9.74. The topological polar surface area (TPSA) is 37.8 Å². The van der Waals surface area contributed by atoms with E-state index in [1.807, 2.05) is 0 Å². The lowest BCUT2D eigenvalue weighted by Crippen LogP contribution is -2.16. The second-order valence-corrected chi connectivity index (χ2v) is 4.09. The minimum atomic E-state index is -0.282. The number of aromatic nitrogens is 2. The molecule has 0 aliphatic rings. The first-order valence-electron chi connectivity index (χ1n) is 5.72. The van der Waals surface area contributed by atoms with Gasteiger partial charge in [-0.15, -0.1) is 0 Å². The minimum Gasteiger partial charge on any atom is -0.299 e. The van der Waals surface area contributed by atoms with Gasteiger partial charge in [-0.2, -0.15) is 0 Å². The van der Waals surface area contributed by atoms with Gasteiger partial charge < -0.3 is 0 Å². The lowest BCUT2D eigenvalue weighted by molar-refractivity contribution is 0.614. The number of aryl methyl sites for hydroxylation is 1. The van der Waals surface area contributed by atoms with E-state index >= 15 is 0 Å². The molecule has 0 spiro atoms. The maximum absolute atomic E-state index is 13.0. The van der Waals surface area contributed by atoms with E-state index in [2.05, 4.69) is 12.0 Å². The average molecular weight is 234 g/mol. The van der Waals surface area contributed by atoms with Crippen LogP contribution in [-0.4, -0.2) is 9.78 Å². The summed E-state index contributed by atoms with van der Waals surface area (Å²) in [5.41, 5.74) is 1.63. The van der Waals surface area contributed by atoms with Crippen LogP contribution in [0.3, 0.4) is 0 Å². The van der Waals surface area contributed by atoms with Crippen LogP contribution in [-0.2, 0) is 13.0 Å². The van der Waals surface area contributed by atoms with Gasteiger partial charge in [0.2, 0.25) is 0 Å². The Morgan fingerprint density at radius 3 is 2.88 bits per heavy atom. The molecule has 0 amide bonds. The molecule has 2 rings (SSSR count).